The highest BCUT2D eigenvalue weighted by Gasteiger charge is 2.51. The van der Waals surface area contributed by atoms with E-state index < -0.39 is 5.54 Å². The molecule has 3 rings (SSSR count). The van der Waals surface area contributed by atoms with Crippen molar-refractivity contribution in [3.8, 4) is 0 Å². The van der Waals surface area contributed by atoms with Gasteiger partial charge in [0.2, 0.25) is 0 Å². The van der Waals surface area contributed by atoms with Crippen molar-refractivity contribution in [3.05, 3.63) is 0 Å². The van der Waals surface area contributed by atoms with E-state index in [1.807, 2.05) is 0 Å². The molecule has 2 saturated heterocycles. The number of carbonyl (C=O) groups is 2. The van der Waals surface area contributed by atoms with Crippen LogP contribution in [-0.2, 0) is 4.79 Å². The fourth-order valence-corrected chi connectivity index (χ4v) is 3.93. The van der Waals surface area contributed by atoms with Crippen LogP contribution in [0, 0.1) is 5.92 Å². The Labute approximate surface area is 126 Å². The van der Waals surface area contributed by atoms with Crippen LogP contribution in [0.5, 0.6) is 0 Å². The summed E-state index contributed by atoms with van der Waals surface area (Å²) >= 11 is 0. The van der Waals surface area contributed by atoms with Gasteiger partial charge in [-0.05, 0) is 57.4 Å². The van der Waals surface area contributed by atoms with Crippen LogP contribution in [0.1, 0.15) is 58.3 Å². The molecule has 5 heteroatoms. The van der Waals surface area contributed by atoms with Crippen molar-refractivity contribution in [2.45, 2.75) is 69.9 Å². The van der Waals surface area contributed by atoms with Crippen LogP contribution in [0.25, 0.3) is 0 Å². The van der Waals surface area contributed by atoms with E-state index >= 15 is 0 Å². The lowest BCUT2D eigenvalue weighted by Gasteiger charge is -2.33. The SMILES string of the molecule is CC1CCC2(CC1)NC(=O)N(CCC1CCCCN1)C2=O. The van der Waals surface area contributed by atoms with E-state index in [-0.39, 0.29) is 11.9 Å². The summed E-state index contributed by atoms with van der Waals surface area (Å²) in [6.07, 6.45) is 8.19. The van der Waals surface area contributed by atoms with Crippen LogP contribution in [-0.4, -0.2) is 41.5 Å². The molecule has 0 bridgehead atoms. The lowest BCUT2D eigenvalue weighted by Crippen LogP contribution is -2.49. The summed E-state index contributed by atoms with van der Waals surface area (Å²) in [6, 6.07) is 0.285. The van der Waals surface area contributed by atoms with Crippen LogP contribution < -0.4 is 10.6 Å². The quantitative estimate of drug-likeness (QED) is 0.783. The molecule has 3 fully saturated rings. The van der Waals surface area contributed by atoms with Crippen molar-refractivity contribution < 1.29 is 9.59 Å². The second-order valence-corrected chi connectivity index (χ2v) is 7.09. The monoisotopic (exact) mass is 293 g/mol. The summed E-state index contributed by atoms with van der Waals surface area (Å²) < 4.78 is 0. The third-order valence-corrected chi connectivity index (χ3v) is 5.49. The molecular formula is C16H27N3O2. The van der Waals surface area contributed by atoms with E-state index in [1.165, 1.54) is 17.7 Å². The number of amides is 3. The highest BCUT2D eigenvalue weighted by molar-refractivity contribution is 6.07. The van der Waals surface area contributed by atoms with Crippen LogP contribution in [0.4, 0.5) is 4.79 Å². The van der Waals surface area contributed by atoms with Crippen molar-refractivity contribution in [2.24, 2.45) is 5.92 Å². The number of imide groups is 1. The summed E-state index contributed by atoms with van der Waals surface area (Å²) in [7, 11) is 0. The van der Waals surface area contributed by atoms with Gasteiger partial charge in [0.25, 0.3) is 5.91 Å². The first-order valence-corrected chi connectivity index (χ1v) is 8.48. The molecule has 1 saturated carbocycles. The molecule has 118 valence electrons. The third-order valence-electron chi connectivity index (χ3n) is 5.49. The van der Waals surface area contributed by atoms with E-state index in [4.69, 9.17) is 0 Å². The molecule has 2 aliphatic heterocycles. The number of hydrogen-bond donors (Lipinski definition) is 2. The lowest BCUT2D eigenvalue weighted by atomic mass is 9.77. The summed E-state index contributed by atoms with van der Waals surface area (Å²) in [5, 5.41) is 6.47. The Hall–Kier alpha value is -1.10. The number of piperidine rings is 1. The first-order valence-electron chi connectivity index (χ1n) is 8.48. The summed E-state index contributed by atoms with van der Waals surface area (Å²) in [5.74, 6) is 0.691. The van der Waals surface area contributed by atoms with Gasteiger partial charge in [0, 0.05) is 12.6 Å². The maximum absolute atomic E-state index is 12.7. The Bertz CT molecular complexity index is 410. The van der Waals surface area contributed by atoms with E-state index in [9.17, 15) is 9.59 Å². The van der Waals surface area contributed by atoms with Crippen LogP contribution in [0.3, 0.4) is 0 Å². The first-order chi connectivity index (χ1) is 10.1. The molecule has 3 amide bonds. The standard InChI is InChI=1S/C16H27N3O2/c1-12-5-8-16(9-6-12)14(20)19(15(21)18-16)11-7-13-4-2-3-10-17-13/h12-13,17H,2-11H2,1H3,(H,18,21). The van der Waals surface area contributed by atoms with Gasteiger partial charge in [-0.2, -0.15) is 0 Å². The van der Waals surface area contributed by atoms with Gasteiger partial charge in [-0.15, -0.1) is 0 Å². The molecule has 1 spiro atoms. The molecule has 3 aliphatic rings. The average molecular weight is 293 g/mol. The highest BCUT2D eigenvalue weighted by atomic mass is 16.2. The van der Waals surface area contributed by atoms with E-state index in [2.05, 4.69) is 17.6 Å². The van der Waals surface area contributed by atoms with Gasteiger partial charge in [-0.3, -0.25) is 9.69 Å². The Morgan fingerprint density at radius 3 is 2.62 bits per heavy atom. The second kappa shape index (κ2) is 5.95. The number of hydrogen-bond acceptors (Lipinski definition) is 3. The smallest absolute Gasteiger partial charge is 0.323 e. The molecular weight excluding hydrogens is 266 g/mol. The summed E-state index contributed by atoms with van der Waals surface area (Å²) in [4.78, 5) is 26.3. The number of rotatable bonds is 3. The predicted octanol–water partition coefficient (Wildman–Crippen LogP) is 2.02. The number of nitrogens with one attached hydrogen (secondary N) is 2. The minimum Gasteiger partial charge on any atom is -0.323 e. The molecule has 1 atom stereocenters. The molecule has 21 heavy (non-hydrogen) atoms. The fraction of sp³-hybridized carbons (Fsp3) is 0.875. The van der Waals surface area contributed by atoms with E-state index in [1.54, 1.807) is 0 Å². The van der Waals surface area contributed by atoms with Crippen molar-refractivity contribution in [3.63, 3.8) is 0 Å². The average Bonchev–Trinajstić information content (AvgIpc) is 2.73. The summed E-state index contributed by atoms with van der Waals surface area (Å²) in [5.41, 5.74) is -0.580. The Morgan fingerprint density at radius 2 is 1.95 bits per heavy atom. The van der Waals surface area contributed by atoms with Gasteiger partial charge in [0.15, 0.2) is 0 Å². The largest absolute Gasteiger partial charge is 0.325 e. The highest BCUT2D eigenvalue weighted by Crippen LogP contribution is 2.36. The van der Waals surface area contributed by atoms with Crippen molar-refractivity contribution in [1.82, 2.24) is 15.5 Å². The minimum absolute atomic E-state index is 0.0233. The third kappa shape index (κ3) is 2.93. The van der Waals surface area contributed by atoms with Gasteiger partial charge in [-0.1, -0.05) is 13.3 Å². The van der Waals surface area contributed by atoms with Gasteiger partial charge < -0.3 is 10.6 Å². The Morgan fingerprint density at radius 1 is 1.19 bits per heavy atom. The van der Waals surface area contributed by atoms with Crippen molar-refractivity contribution >= 4 is 11.9 Å². The first kappa shape index (κ1) is 14.8. The number of nitrogens with zero attached hydrogens (tertiary/aromatic N) is 1. The molecule has 0 aromatic rings. The number of carbonyl (C=O) groups excluding carboxylic acids is 2. The maximum atomic E-state index is 12.7. The van der Waals surface area contributed by atoms with Crippen molar-refractivity contribution in [1.29, 1.82) is 0 Å². The summed E-state index contributed by atoms with van der Waals surface area (Å²) in [6.45, 7) is 3.84. The molecule has 1 aliphatic carbocycles. The molecule has 2 N–H and O–H groups in total. The van der Waals surface area contributed by atoms with Crippen molar-refractivity contribution in [2.75, 3.05) is 13.1 Å². The Kier molecular flexibility index (Phi) is 4.20. The van der Waals surface area contributed by atoms with E-state index in [0.717, 1.165) is 45.1 Å². The fourth-order valence-electron chi connectivity index (χ4n) is 3.93. The van der Waals surface area contributed by atoms with Gasteiger partial charge in [0.05, 0.1) is 0 Å². The van der Waals surface area contributed by atoms with Crippen LogP contribution in [0.15, 0.2) is 0 Å². The normalized spacial score (nSPS) is 37.1. The van der Waals surface area contributed by atoms with E-state index in [0.29, 0.717) is 18.5 Å². The zero-order valence-corrected chi connectivity index (χ0v) is 13.0. The molecule has 1 unspecified atom stereocenters. The molecule has 0 aromatic carbocycles. The molecule has 5 nitrogen and oxygen atoms in total. The Balaban J connectivity index is 1.58. The minimum atomic E-state index is -0.580. The maximum Gasteiger partial charge on any atom is 0.325 e. The lowest BCUT2D eigenvalue weighted by molar-refractivity contribution is -0.132. The van der Waals surface area contributed by atoms with Crippen LogP contribution >= 0.6 is 0 Å². The zero-order valence-electron chi connectivity index (χ0n) is 13.0. The second-order valence-electron chi connectivity index (χ2n) is 7.09. The topological polar surface area (TPSA) is 61.4 Å². The van der Waals surface area contributed by atoms with Gasteiger partial charge in [-0.25, -0.2) is 4.79 Å². The molecule has 0 radical (unpaired) electrons. The molecule has 0 aromatic heterocycles. The molecule has 2 heterocycles. The van der Waals surface area contributed by atoms with Gasteiger partial charge >= 0.3 is 6.03 Å². The van der Waals surface area contributed by atoms with Gasteiger partial charge in [0.1, 0.15) is 5.54 Å². The zero-order chi connectivity index (χ0) is 14.9. The van der Waals surface area contributed by atoms with Crippen LogP contribution in [0.2, 0.25) is 0 Å². The number of urea groups is 1. The predicted molar refractivity (Wildman–Crippen MR) is 80.9 cm³/mol.